The van der Waals surface area contributed by atoms with Crippen molar-refractivity contribution in [3.63, 3.8) is 0 Å². The van der Waals surface area contributed by atoms with Gasteiger partial charge in [0.05, 0.1) is 0 Å². The van der Waals surface area contributed by atoms with Gasteiger partial charge in [-0.05, 0) is 38.8 Å². The Morgan fingerprint density at radius 3 is 1.18 bits per heavy atom. The summed E-state index contributed by atoms with van der Waals surface area (Å²) in [5, 5.41) is 9.56. The average Bonchev–Trinajstić information content (AvgIpc) is 1.58. The van der Waals surface area contributed by atoms with Crippen molar-refractivity contribution in [1.29, 1.82) is 0 Å². The van der Waals surface area contributed by atoms with E-state index in [0.29, 0.717) is 0 Å². The molecule has 0 unspecified atom stereocenters. The molecule has 0 fully saturated rings. The molecule has 0 amide bonds. The van der Waals surface area contributed by atoms with E-state index in [-0.39, 0.29) is 0 Å². The third kappa shape index (κ3) is 3.47. The molecule has 0 rings (SSSR count). The molecule has 0 saturated heterocycles. The lowest BCUT2D eigenvalue weighted by Crippen LogP contribution is -2.45. The molecule has 0 radical (unpaired) electrons. The van der Waals surface area contributed by atoms with E-state index in [1.807, 2.05) is 6.92 Å². The highest BCUT2D eigenvalue weighted by molar-refractivity contribution is 9.32. The molecule has 0 aromatic carbocycles. The fourth-order valence-electron chi connectivity index (χ4n) is 0.264. The second kappa shape index (κ2) is 4.14. The van der Waals surface area contributed by atoms with Crippen LogP contribution in [0.5, 0.6) is 0 Å². The summed E-state index contributed by atoms with van der Waals surface area (Å²) < 4.78 is -2.54. The van der Waals surface area contributed by atoms with E-state index in [4.69, 9.17) is 0 Å². The fraction of sp³-hybridized carbons (Fsp3) is 1.00. The number of alkyl halides is 6. The van der Waals surface area contributed by atoms with E-state index in [2.05, 4.69) is 95.6 Å². The summed E-state index contributed by atoms with van der Waals surface area (Å²) in [7, 11) is 0. The average molecular weight is 547 g/mol. The highest BCUT2D eigenvalue weighted by Gasteiger charge is 2.54. The molecule has 0 aromatic rings. The number of hydrogen-bond acceptors (Lipinski definition) is 1. The van der Waals surface area contributed by atoms with Gasteiger partial charge in [-0.2, -0.15) is 0 Å². The van der Waals surface area contributed by atoms with Gasteiger partial charge in [0.1, 0.15) is 3.23 Å². The Morgan fingerprint density at radius 1 is 0.909 bits per heavy atom. The predicted octanol–water partition coefficient (Wildman–Crippen LogP) is 4.41. The molecule has 0 aromatic heterocycles. The second-order valence-corrected chi connectivity index (χ2v) is 13.0. The van der Waals surface area contributed by atoms with Crippen LogP contribution in [0.2, 0.25) is 0 Å². The van der Waals surface area contributed by atoms with Crippen LogP contribution in [0.3, 0.4) is 0 Å². The van der Waals surface area contributed by atoms with Crippen LogP contribution in [0.25, 0.3) is 0 Å². The summed E-state index contributed by atoms with van der Waals surface area (Å²) in [5.74, 6) is 0. The standard InChI is InChI=1S/C4H4Br6O/c1-2(5,6)3(7,8)4(9,10)11/h11H,1H3. The van der Waals surface area contributed by atoms with Gasteiger partial charge in [0, 0.05) is 0 Å². The predicted molar refractivity (Wildman–Crippen MR) is 69.6 cm³/mol. The first-order valence-corrected chi connectivity index (χ1v) is 7.12. The van der Waals surface area contributed by atoms with E-state index < -0.39 is 9.89 Å². The number of hydrogen-bond donors (Lipinski definition) is 1. The minimum Gasteiger partial charge on any atom is -0.368 e. The normalized spacial score (nSPS) is 15.3. The summed E-state index contributed by atoms with van der Waals surface area (Å²) in [6, 6.07) is 0. The smallest absolute Gasteiger partial charge is 0.202 e. The van der Waals surface area contributed by atoms with Gasteiger partial charge >= 0.3 is 0 Å². The first-order valence-electron chi connectivity index (χ1n) is 2.36. The van der Waals surface area contributed by atoms with Crippen molar-refractivity contribution in [3.8, 4) is 0 Å². The first-order chi connectivity index (χ1) is 4.50. The molecule has 0 bridgehead atoms. The zero-order valence-electron chi connectivity index (χ0n) is 5.22. The van der Waals surface area contributed by atoms with Gasteiger partial charge in [0.2, 0.25) is 3.42 Å². The zero-order valence-corrected chi connectivity index (χ0v) is 14.7. The Labute approximate surface area is 116 Å². The van der Waals surface area contributed by atoms with Gasteiger partial charge in [-0.3, -0.25) is 0 Å². The molecule has 0 spiro atoms. The fourth-order valence-corrected chi connectivity index (χ4v) is 2.70. The Hall–Kier alpha value is 2.84. The molecular formula is C4H4Br6O. The van der Waals surface area contributed by atoms with E-state index in [1.54, 1.807) is 0 Å². The summed E-state index contributed by atoms with van der Waals surface area (Å²) in [5.41, 5.74) is 0. The van der Waals surface area contributed by atoms with Gasteiger partial charge in [0.15, 0.2) is 3.23 Å². The number of rotatable bonds is 2. The first kappa shape index (κ1) is 13.8. The van der Waals surface area contributed by atoms with E-state index in [1.165, 1.54) is 0 Å². The lowest BCUT2D eigenvalue weighted by atomic mass is 10.3. The quantitative estimate of drug-likeness (QED) is 0.508. The third-order valence-corrected chi connectivity index (χ3v) is 10.3. The minimum absolute atomic E-state index is 0.505. The lowest BCUT2D eigenvalue weighted by Gasteiger charge is -2.37. The van der Waals surface area contributed by atoms with Gasteiger partial charge < -0.3 is 5.11 Å². The second-order valence-electron chi connectivity index (χ2n) is 2.00. The third-order valence-electron chi connectivity index (χ3n) is 0.929. The maximum absolute atomic E-state index is 9.56. The summed E-state index contributed by atoms with van der Waals surface area (Å²) >= 11 is 19.4. The van der Waals surface area contributed by atoms with Gasteiger partial charge in [0.25, 0.3) is 0 Å². The van der Waals surface area contributed by atoms with Gasteiger partial charge in [-0.25, -0.2) is 0 Å². The molecular weight excluding hydrogens is 543 g/mol. The molecule has 0 heterocycles. The highest BCUT2D eigenvalue weighted by atomic mass is 79.9. The molecule has 7 heteroatoms. The molecule has 0 aliphatic heterocycles. The van der Waals surface area contributed by atoms with Crippen molar-refractivity contribution in [2.75, 3.05) is 0 Å². The molecule has 1 nitrogen and oxygen atoms in total. The van der Waals surface area contributed by atoms with Crippen molar-refractivity contribution in [2.45, 2.75) is 16.8 Å². The molecule has 0 aliphatic rings. The van der Waals surface area contributed by atoms with Crippen LogP contribution < -0.4 is 0 Å². The van der Waals surface area contributed by atoms with Crippen molar-refractivity contribution < 1.29 is 5.11 Å². The Morgan fingerprint density at radius 2 is 1.18 bits per heavy atom. The minimum atomic E-state index is -1.26. The van der Waals surface area contributed by atoms with E-state index in [9.17, 15) is 5.11 Å². The molecule has 0 aliphatic carbocycles. The molecule has 68 valence electrons. The van der Waals surface area contributed by atoms with Crippen LogP contribution in [0.15, 0.2) is 0 Å². The van der Waals surface area contributed by atoms with Crippen molar-refractivity contribution >= 4 is 95.6 Å². The summed E-state index contributed by atoms with van der Waals surface area (Å²) in [6.07, 6.45) is 0. The zero-order chi connectivity index (χ0) is 9.50. The topological polar surface area (TPSA) is 20.2 Å². The summed E-state index contributed by atoms with van der Waals surface area (Å²) in [4.78, 5) is 0. The van der Waals surface area contributed by atoms with E-state index >= 15 is 0 Å². The monoisotopic (exact) mass is 542 g/mol. The van der Waals surface area contributed by atoms with Crippen LogP contribution in [0.1, 0.15) is 6.92 Å². The molecule has 11 heavy (non-hydrogen) atoms. The van der Waals surface area contributed by atoms with Crippen LogP contribution in [0, 0.1) is 0 Å². The maximum atomic E-state index is 9.56. The number of aliphatic hydroxyl groups is 1. The van der Waals surface area contributed by atoms with Crippen molar-refractivity contribution in [2.24, 2.45) is 0 Å². The lowest BCUT2D eigenvalue weighted by molar-refractivity contribution is 0.232. The Bertz CT molecular complexity index is 126. The highest BCUT2D eigenvalue weighted by Crippen LogP contribution is 2.58. The summed E-state index contributed by atoms with van der Waals surface area (Å²) in [6.45, 7) is 1.84. The van der Waals surface area contributed by atoms with Crippen molar-refractivity contribution in [1.82, 2.24) is 0 Å². The van der Waals surface area contributed by atoms with Gasteiger partial charge in [-0.15, -0.1) is 0 Å². The maximum Gasteiger partial charge on any atom is 0.202 e. The Balaban J connectivity index is 4.75. The van der Waals surface area contributed by atoms with Gasteiger partial charge in [-0.1, -0.05) is 63.7 Å². The molecule has 1 N–H and O–H groups in total. The van der Waals surface area contributed by atoms with E-state index in [0.717, 1.165) is 0 Å². The largest absolute Gasteiger partial charge is 0.368 e. The molecule has 0 saturated carbocycles. The number of halogens is 6. The molecule has 0 atom stereocenters. The Kier molecular flexibility index (Phi) is 5.21. The van der Waals surface area contributed by atoms with Crippen LogP contribution >= 0.6 is 95.6 Å². The van der Waals surface area contributed by atoms with Crippen LogP contribution in [-0.2, 0) is 0 Å². The SMILES string of the molecule is CC(Br)(Br)C(Br)(Br)C(O)(Br)Br. The van der Waals surface area contributed by atoms with Crippen LogP contribution in [-0.4, -0.2) is 15.0 Å². The van der Waals surface area contributed by atoms with Crippen molar-refractivity contribution in [3.05, 3.63) is 0 Å². The van der Waals surface area contributed by atoms with Crippen LogP contribution in [0.4, 0.5) is 0 Å².